The molecule has 0 radical (unpaired) electrons. The average Bonchev–Trinajstić information content (AvgIpc) is 3.88. The van der Waals surface area contributed by atoms with Crippen LogP contribution in [0.4, 0.5) is 0 Å². The average molecular weight is 729 g/mol. The van der Waals surface area contributed by atoms with Crippen LogP contribution in [0.1, 0.15) is 22.3 Å². The summed E-state index contributed by atoms with van der Waals surface area (Å²) in [6.45, 7) is 0. The van der Waals surface area contributed by atoms with E-state index in [-0.39, 0.29) is 0 Å². The van der Waals surface area contributed by atoms with Crippen LogP contribution in [-0.2, 0) is 5.41 Å². The maximum Gasteiger partial charge on any atom is 0.0735 e. The summed E-state index contributed by atoms with van der Waals surface area (Å²) in [6, 6.07) is 72.5. The zero-order valence-corrected chi connectivity index (χ0v) is 31.1. The van der Waals surface area contributed by atoms with E-state index in [1.165, 1.54) is 97.6 Å². The summed E-state index contributed by atoms with van der Waals surface area (Å²) in [5.74, 6) is 0. The van der Waals surface area contributed by atoms with E-state index in [9.17, 15) is 0 Å². The molecule has 0 N–H and O–H groups in total. The first kappa shape index (κ1) is 30.5. The van der Waals surface area contributed by atoms with Gasteiger partial charge in [0.1, 0.15) is 0 Å². The minimum Gasteiger partial charge on any atom is -0.309 e. The number of hydrogen-bond donors (Lipinski definition) is 0. The maximum atomic E-state index is 2.55. The molecule has 3 heteroatoms. The monoisotopic (exact) mass is 728 g/mol. The lowest BCUT2D eigenvalue weighted by molar-refractivity contribution is 0.724. The Morgan fingerprint density at radius 1 is 0.339 bits per heavy atom. The second-order valence-corrected chi connectivity index (χ2v) is 16.3. The van der Waals surface area contributed by atoms with Crippen molar-refractivity contribution in [2.45, 2.75) is 15.2 Å². The van der Waals surface area contributed by atoms with Crippen molar-refractivity contribution in [3.8, 4) is 22.5 Å². The van der Waals surface area contributed by atoms with E-state index in [0.29, 0.717) is 0 Å². The van der Waals surface area contributed by atoms with E-state index < -0.39 is 5.41 Å². The van der Waals surface area contributed by atoms with Crippen molar-refractivity contribution in [1.29, 1.82) is 0 Å². The molecule has 0 fully saturated rings. The van der Waals surface area contributed by atoms with E-state index in [2.05, 4.69) is 203 Å². The Bertz CT molecular complexity index is 3360. The van der Waals surface area contributed by atoms with Gasteiger partial charge in [0.2, 0.25) is 0 Å². The summed E-state index contributed by atoms with van der Waals surface area (Å²) < 4.78 is 4.92. The number of aromatic nitrogens is 2. The molecule has 3 heterocycles. The third-order valence-electron chi connectivity index (χ3n) is 12.6. The van der Waals surface area contributed by atoms with Crippen molar-refractivity contribution >= 4 is 66.1 Å². The molecule has 0 unspecified atom stereocenters. The van der Waals surface area contributed by atoms with Gasteiger partial charge in [-0.15, -0.1) is 0 Å². The molecule has 2 aliphatic rings. The lowest BCUT2D eigenvalue weighted by Crippen LogP contribution is -2.31. The van der Waals surface area contributed by atoms with Crippen LogP contribution in [0.25, 0.3) is 76.9 Å². The summed E-state index contributed by atoms with van der Waals surface area (Å²) >= 11 is 1.91. The highest BCUT2D eigenvalue weighted by atomic mass is 32.2. The van der Waals surface area contributed by atoms with Crippen LogP contribution in [0.5, 0.6) is 0 Å². The smallest absolute Gasteiger partial charge is 0.0735 e. The fraction of sp³-hybridized carbons (Fsp3) is 0.0189. The predicted molar refractivity (Wildman–Crippen MR) is 234 cm³/mol. The lowest BCUT2D eigenvalue weighted by atomic mass is 9.67. The highest BCUT2D eigenvalue weighted by molar-refractivity contribution is 7.99. The number of hydrogen-bond acceptors (Lipinski definition) is 1. The Labute approximate surface area is 327 Å². The van der Waals surface area contributed by atoms with Gasteiger partial charge in [0.15, 0.2) is 0 Å². The zero-order chi connectivity index (χ0) is 36.5. The number of rotatable bonds is 2. The van der Waals surface area contributed by atoms with Crippen molar-refractivity contribution in [1.82, 2.24) is 9.13 Å². The van der Waals surface area contributed by atoms with Gasteiger partial charge in [-0.05, 0) is 93.4 Å². The molecular weight excluding hydrogens is 697 g/mol. The Hall–Kier alpha value is -6.81. The lowest BCUT2D eigenvalue weighted by Gasteiger charge is -2.39. The molecule has 0 bridgehead atoms. The van der Waals surface area contributed by atoms with Crippen LogP contribution in [0.15, 0.2) is 204 Å². The van der Waals surface area contributed by atoms with Crippen LogP contribution >= 0.6 is 11.8 Å². The minimum absolute atomic E-state index is 0.423. The van der Waals surface area contributed by atoms with Crippen molar-refractivity contribution in [3.63, 3.8) is 0 Å². The molecule has 260 valence electrons. The molecule has 1 spiro atoms. The van der Waals surface area contributed by atoms with E-state index in [1.54, 1.807) is 0 Å². The molecule has 0 saturated heterocycles. The van der Waals surface area contributed by atoms with Crippen molar-refractivity contribution in [2.24, 2.45) is 0 Å². The van der Waals surface area contributed by atoms with E-state index in [4.69, 9.17) is 0 Å². The third-order valence-corrected chi connectivity index (χ3v) is 13.7. The molecule has 0 amide bonds. The van der Waals surface area contributed by atoms with Gasteiger partial charge in [0.05, 0.1) is 27.5 Å². The van der Waals surface area contributed by atoms with Crippen molar-refractivity contribution in [3.05, 3.63) is 216 Å². The minimum atomic E-state index is -0.423. The predicted octanol–water partition coefficient (Wildman–Crippen LogP) is 13.9. The fourth-order valence-corrected chi connectivity index (χ4v) is 11.6. The third kappa shape index (κ3) is 3.83. The molecule has 1 aliphatic heterocycles. The number of benzene rings is 9. The molecule has 2 aromatic heterocycles. The molecule has 56 heavy (non-hydrogen) atoms. The SMILES string of the molecule is c1ccc2c(c1)Sc1cc3c(cc1C21c2ccccc2-c2ccccc21)c1ccc2ccccc2c1n3-c1ccc(-n2c3ccccc3c3ccccc32)cc1. The number of nitrogens with zero attached hydrogens (tertiary/aromatic N) is 2. The number of para-hydroxylation sites is 2. The molecule has 13 rings (SSSR count). The molecular formula is C53H32N2S. The van der Waals surface area contributed by atoms with Gasteiger partial charge >= 0.3 is 0 Å². The van der Waals surface area contributed by atoms with Crippen LogP contribution < -0.4 is 0 Å². The molecule has 0 saturated carbocycles. The standard InChI is InChI=1S/C53H32N2S/c1-2-14-36-33(13-1)25-30-41-42-31-46-51(56-50-24-12-9-21-45(50)53(46)43-19-7-3-15-37(43)38-16-4-8-20-44(38)53)32-49(42)55(52(36)41)35-28-26-34(27-29-35)54-47-22-10-5-17-39(47)40-18-6-11-23-48(40)54/h1-32H. The first-order chi connectivity index (χ1) is 27.8. The summed E-state index contributed by atoms with van der Waals surface area (Å²) in [5, 5.41) is 7.59. The first-order valence-electron chi connectivity index (χ1n) is 19.4. The normalized spacial score (nSPS) is 13.8. The quantitative estimate of drug-likeness (QED) is 0.172. The van der Waals surface area contributed by atoms with Gasteiger partial charge in [0, 0.05) is 48.1 Å². The van der Waals surface area contributed by atoms with Gasteiger partial charge in [-0.25, -0.2) is 0 Å². The topological polar surface area (TPSA) is 9.86 Å². The summed E-state index contributed by atoms with van der Waals surface area (Å²) in [7, 11) is 0. The summed E-state index contributed by atoms with van der Waals surface area (Å²) in [5.41, 5.74) is 14.9. The summed E-state index contributed by atoms with van der Waals surface area (Å²) in [4.78, 5) is 2.62. The van der Waals surface area contributed by atoms with Crippen LogP contribution in [0, 0.1) is 0 Å². The molecule has 2 nitrogen and oxygen atoms in total. The Morgan fingerprint density at radius 3 is 1.59 bits per heavy atom. The van der Waals surface area contributed by atoms with E-state index >= 15 is 0 Å². The second-order valence-electron chi connectivity index (χ2n) is 15.2. The fourth-order valence-electron chi connectivity index (χ4n) is 10.3. The highest BCUT2D eigenvalue weighted by Gasteiger charge is 2.50. The van der Waals surface area contributed by atoms with Crippen LogP contribution in [0.2, 0.25) is 0 Å². The summed E-state index contributed by atoms with van der Waals surface area (Å²) in [6.07, 6.45) is 0. The van der Waals surface area contributed by atoms with Crippen LogP contribution in [-0.4, -0.2) is 9.13 Å². The molecule has 9 aromatic carbocycles. The molecule has 1 aliphatic carbocycles. The first-order valence-corrected chi connectivity index (χ1v) is 20.2. The molecule has 11 aromatic rings. The highest BCUT2D eigenvalue weighted by Crippen LogP contribution is 2.62. The van der Waals surface area contributed by atoms with Gasteiger partial charge in [-0.2, -0.15) is 0 Å². The Kier molecular flexibility index (Phi) is 6.06. The van der Waals surface area contributed by atoms with E-state index in [1.807, 2.05) is 11.8 Å². The van der Waals surface area contributed by atoms with Gasteiger partial charge in [-0.3, -0.25) is 0 Å². The van der Waals surface area contributed by atoms with Crippen LogP contribution in [0.3, 0.4) is 0 Å². The van der Waals surface area contributed by atoms with Gasteiger partial charge in [-0.1, -0.05) is 151 Å². The largest absolute Gasteiger partial charge is 0.309 e. The van der Waals surface area contributed by atoms with Gasteiger partial charge in [0.25, 0.3) is 0 Å². The zero-order valence-electron chi connectivity index (χ0n) is 30.3. The Morgan fingerprint density at radius 2 is 0.893 bits per heavy atom. The maximum absolute atomic E-state index is 2.55. The molecule has 0 atom stereocenters. The second kappa shape index (κ2) is 11.1. The van der Waals surface area contributed by atoms with E-state index in [0.717, 1.165) is 11.4 Å². The Balaban J connectivity index is 1.11. The number of fused-ring (bicyclic) bond motifs is 17. The van der Waals surface area contributed by atoms with Gasteiger partial charge < -0.3 is 9.13 Å². The van der Waals surface area contributed by atoms with Crippen molar-refractivity contribution < 1.29 is 0 Å². The van der Waals surface area contributed by atoms with Crippen molar-refractivity contribution in [2.75, 3.05) is 0 Å².